The van der Waals surface area contributed by atoms with E-state index in [0.29, 0.717) is 28.5 Å². The molecule has 148 valence electrons. The van der Waals surface area contributed by atoms with Crippen molar-refractivity contribution < 1.29 is 14.2 Å². The molecule has 0 aliphatic carbocycles. The quantitative estimate of drug-likeness (QED) is 0.566. The lowest BCUT2D eigenvalue weighted by molar-refractivity contribution is 0.355. The molecular weight excluding hydrogens is 374 g/mol. The Hall–Kier alpha value is -4.06. The summed E-state index contributed by atoms with van der Waals surface area (Å²) >= 11 is 0. The number of aromatic nitrogens is 4. The van der Waals surface area contributed by atoms with E-state index in [-0.39, 0.29) is 6.54 Å². The van der Waals surface area contributed by atoms with Crippen LogP contribution in [0.3, 0.4) is 0 Å². The van der Waals surface area contributed by atoms with E-state index in [9.17, 15) is 10.1 Å². The molecule has 0 aliphatic heterocycles. The Bertz CT molecular complexity index is 1120. The van der Waals surface area contributed by atoms with Crippen LogP contribution in [0.5, 0.6) is 17.2 Å². The minimum absolute atomic E-state index is 0.0141. The molecule has 0 atom stereocenters. The van der Waals surface area contributed by atoms with Crippen molar-refractivity contribution in [3.05, 3.63) is 64.1 Å². The molecule has 9 nitrogen and oxygen atoms in total. The maximum Gasteiger partial charge on any atom is 0.368 e. The van der Waals surface area contributed by atoms with Gasteiger partial charge in [0.25, 0.3) is 0 Å². The smallest absolute Gasteiger partial charge is 0.368 e. The van der Waals surface area contributed by atoms with Gasteiger partial charge in [0.2, 0.25) is 0 Å². The van der Waals surface area contributed by atoms with Crippen LogP contribution in [0.2, 0.25) is 0 Å². The van der Waals surface area contributed by atoms with E-state index in [0.717, 1.165) is 14.9 Å². The second-order valence-corrected chi connectivity index (χ2v) is 5.92. The summed E-state index contributed by atoms with van der Waals surface area (Å²) in [5.41, 5.74) is 1.16. The van der Waals surface area contributed by atoms with Gasteiger partial charge < -0.3 is 14.2 Å². The van der Waals surface area contributed by atoms with Crippen LogP contribution in [-0.2, 0) is 6.54 Å². The Morgan fingerprint density at radius 2 is 1.76 bits per heavy atom. The van der Waals surface area contributed by atoms with Crippen molar-refractivity contribution in [3.63, 3.8) is 0 Å². The van der Waals surface area contributed by atoms with Crippen molar-refractivity contribution in [2.24, 2.45) is 0 Å². The van der Waals surface area contributed by atoms with E-state index in [2.05, 4.69) is 16.5 Å². The number of nitrogens with zero attached hydrogens (tertiary/aromatic N) is 5. The summed E-state index contributed by atoms with van der Waals surface area (Å²) in [7, 11) is 4.64. The molecule has 1 aromatic heterocycles. The van der Waals surface area contributed by atoms with Crippen molar-refractivity contribution in [1.29, 1.82) is 5.26 Å². The molecule has 0 saturated carbocycles. The topological polar surface area (TPSA) is 104 Å². The molecule has 3 aromatic rings. The van der Waals surface area contributed by atoms with Crippen LogP contribution in [0, 0.1) is 11.3 Å². The molecule has 0 unspecified atom stereocenters. The van der Waals surface area contributed by atoms with Crippen LogP contribution in [0.15, 0.2) is 52.8 Å². The van der Waals surface area contributed by atoms with E-state index in [1.807, 2.05) is 0 Å². The highest BCUT2D eigenvalue weighted by molar-refractivity contribution is 5.60. The van der Waals surface area contributed by atoms with Crippen molar-refractivity contribution in [1.82, 2.24) is 19.8 Å². The summed E-state index contributed by atoms with van der Waals surface area (Å²) in [6.07, 6.45) is 1.65. The van der Waals surface area contributed by atoms with E-state index >= 15 is 0 Å². The van der Waals surface area contributed by atoms with Gasteiger partial charge in [-0.15, -0.1) is 0 Å². The summed E-state index contributed by atoms with van der Waals surface area (Å²) in [5.74, 6) is 1.79. The summed E-state index contributed by atoms with van der Waals surface area (Å²) in [6, 6.07) is 14.2. The third kappa shape index (κ3) is 4.27. The maximum absolute atomic E-state index is 12.6. The zero-order chi connectivity index (χ0) is 20.8. The van der Waals surface area contributed by atoms with E-state index < -0.39 is 5.69 Å². The van der Waals surface area contributed by atoms with E-state index in [1.54, 1.807) is 62.8 Å². The average Bonchev–Trinajstić information content (AvgIpc) is 3.13. The molecule has 0 fully saturated rings. The van der Waals surface area contributed by atoms with Gasteiger partial charge in [0.05, 0.1) is 45.2 Å². The molecule has 9 heteroatoms. The van der Waals surface area contributed by atoms with Crippen LogP contribution in [0.4, 0.5) is 0 Å². The Labute approximate surface area is 166 Å². The Morgan fingerprint density at radius 1 is 1.03 bits per heavy atom. The summed E-state index contributed by atoms with van der Waals surface area (Å²) in [5, 5.41) is 17.3. The minimum atomic E-state index is -0.455. The van der Waals surface area contributed by atoms with E-state index in [4.69, 9.17) is 14.2 Å². The normalized spacial score (nSPS) is 11.0. The van der Waals surface area contributed by atoms with E-state index in [1.165, 1.54) is 7.11 Å². The maximum atomic E-state index is 12.6. The number of allylic oxidation sites excluding steroid dienone is 1. The van der Waals surface area contributed by atoms with Crippen molar-refractivity contribution in [2.45, 2.75) is 6.54 Å². The zero-order valence-corrected chi connectivity index (χ0v) is 16.2. The first-order valence-corrected chi connectivity index (χ1v) is 8.59. The lowest BCUT2D eigenvalue weighted by Crippen LogP contribution is -2.24. The number of benzene rings is 2. The fraction of sp³-hybridized carbons (Fsp3) is 0.200. The molecule has 0 saturated heterocycles. The SMILES string of the molecule is COc1ccc(-n2nnn(C/C(C#N)=C/c3ccc(OC)c(OC)c3)c2=O)cc1. The number of nitriles is 1. The molecular formula is C20H19N5O4. The van der Waals surface area contributed by atoms with Crippen LogP contribution < -0.4 is 19.9 Å². The highest BCUT2D eigenvalue weighted by atomic mass is 16.5. The minimum Gasteiger partial charge on any atom is -0.497 e. The Kier molecular flexibility index (Phi) is 5.94. The monoisotopic (exact) mass is 393 g/mol. The molecule has 2 aromatic carbocycles. The fourth-order valence-corrected chi connectivity index (χ4v) is 2.68. The summed E-state index contributed by atoms with van der Waals surface area (Å²) in [4.78, 5) is 12.6. The largest absolute Gasteiger partial charge is 0.497 e. The number of rotatable bonds is 7. The second-order valence-electron chi connectivity index (χ2n) is 5.92. The van der Waals surface area contributed by atoms with Gasteiger partial charge in [-0.2, -0.15) is 14.6 Å². The van der Waals surface area contributed by atoms with Crippen molar-refractivity contribution >= 4 is 6.08 Å². The van der Waals surface area contributed by atoms with Gasteiger partial charge in [-0.05, 0) is 58.5 Å². The molecule has 1 heterocycles. The molecule has 0 amide bonds. The summed E-state index contributed by atoms with van der Waals surface area (Å²) in [6.45, 7) is -0.0141. The van der Waals surface area contributed by atoms with Crippen LogP contribution in [0.1, 0.15) is 5.56 Å². The first kappa shape index (κ1) is 19.7. The number of methoxy groups -OCH3 is 3. The third-order valence-electron chi connectivity index (χ3n) is 4.17. The molecule has 29 heavy (non-hydrogen) atoms. The highest BCUT2D eigenvalue weighted by Gasteiger charge is 2.11. The summed E-state index contributed by atoms with van der Waals surface area (Å²) < 4.78 is 17.9. The molecule has 3 rings (SSSR count). The fourth-order valence-electron chi connectivity index (χ4n) is 2.68. The lowest BCUT2D eigenvalue weighted by Gasteiger charge is -2.08. The van der Waals surface area contributed by atoms with Crippen LogP contribution in [0.25, 0.3) is 11.8 Å². The highest BCUT2D eigenvalue weighted by Crippen LogP contribution is 2.28. The third-order valence-corrected chi connectivity index (χ3v) is 4.17. The Morgan fingerprint density at radius 3 is 2.38 bits per heavy atom. The number of hydrogen-bond donors (Lipinski definition) is 0. The van der Waals surface area contributed by atoms with Gasteiger partial charge in [-0.25, -0.2) is 4.79 Å². The number of ether oxygens (including phenoxy) is 3. The van der Waals surface area contributed by atoms with Gasteiger partial charge in [-0.1, -0.05) is 6.07 Å². The number of hydrogen-bond acceptors (Lipinski definition) is 7. The van der Waals surface area contributed by atoms with Gasteiger partial charge in [0.1, 0.15) is 5.75 Å². The number of tetrazole rings is 1. The first-order valence-electron chi connectivity index (χ1n) is 8.59. The molecule has 0 aliphatic rings. The Balaban J connectivity index is 1.86. The predicted molar refractivity (Wildman–Crippen MR) is 105 cm³/mol. The molecule has 0 N–H and O–H groups in total. The van der Waals surface area contributed by atoms with Crippen molar-refractivity contribution in [3.8, 4) is 29.0 Å². The first-order chi connectivity index (χ1) is 14.1. The van der Waals surface area contributed by atoms with Crippen LogP contribution in [-0.4, -0.2) is 41.1 Å². The van der Waals surface area contributed by atoms with Gasteiger partial charge in [0.15, 0.2) is 11.5 Å². The second kappa shape index (κ2) is 8.75. The molecule has 0 spiro atoms. The molecule has 0 radical (unpaired) electrons. The zero-order valence-electron chi connectivity index (χ0n) is 16.2. The van der Waals surface area contributed by atoms with Crippen molar-refractivity contribution in [2.75, 3.05) is 21.3 Å². The average molecular weight is 393 g/mol. The lowest BCUT2D eigenvalue weighted by atomic mass is 10.1. The standard InChI is InChI=1S/C20H19N5O4/c1-27-17-7-5-16(6-8-17)25-20(26)24(22-23-25)13-15(12-21)10-14-4-9-18(28-2)19(11-14)29-3/h4-11H,13H2,1-3H3/b15-10+. The predicted octanol–water partition coefficient (Wildman–Crippen LogP) is 2.06. The van der Waals surface area contributed by atoms with Gasteiger partial charge in [-0.3, -0.25) is 0 Å². The van der Waals surface area contributed by atoms with Gasteiger partial charge >= 0.3 is 5.69 Å². The van der Waals surface area contributed by atoms with Gasteiger partial charge in [0, 0.05) is 0 Å². The molecule has 0 bridgehead atoms. The van der Waals surface area contributed by atoms with Crippen LogP contribution >= 0.6 is 0 Å².